The van der Waals surface area contributed by atoms with Crippen LogP contribution in [0.2, 0.25) is 0 Å². The molecule has 110 valence electrons. The van der Waals surface area contributed by atoms with Crippen LogP contribution in [-0.2, 0) is 0 Å². The number of halogens is 1. The highest BCUT2D eigenvalue weighted by atomic mass is 19.1. The van der Waals surface area contributed by atoms with Gasteiger partial charge in [-0.25, -0.2) is 4.39 Å². The number of benzene rings is 1. The SMILES string of the molecule is CN1CCC(N(CCO)C(=O)c2ccccc2F)CC1. The Bertz CT molecular complexity index is 459. The fourth-order valence-corrected chi connectivity index (χ4v) is 2.65. The zero-order valence-electron chi connectivity index (χ0n) is 11.8. The predicted molar refractivity (Wildman–Crippen MR) is 75.0 cm³/mol. The molecule has 1 fully saturated rings. The van der Waals surface area contributed by atoms with Gasteiger partial charge in [-0.2, -0.15) is 0 Å². The summed E-state index contributed by atoms with van der Waals surface area (Å²) in [6, 6.07) is 6.08. The molecule has 1 aliphatic rings. The Hall–Kier alpha value is -1.46. The van der Waals surface area contributed by atoms with Gasteiger partial charge in [0.1, 0.15) is 5.82 Å². The van der Waals surface area contributed by atoms with Crippen molar-refractivity contribution in [2.24, 2.45) is 0 Å². The standard InChI is InChI=1S/C15H21FN2O2/c1-17-8-6-12(7-9-17)18(10-11-19)15(20)13-4-2-3-5-14(13)16/h2-5,12,19H,6-11H2,1H3. The van der Waals surface area contributed by atoms with Gasteiger partial charge in [0.15, 0.2) is 0 Å². The minimum absolute atomic E-state index is 0.0745. The third-order valence-electron chi connectivity index (χ3n) is 3.83. The minimum atomic E-state index is -0.506. The Balaban J connectivity index is 2.16. The van der Waals surface area contributed by atoms with Crippen LogP contribution < -0.4 is 0 Å². The molecule has 1 amide bonds. The first kappa shape index (κ1) is 14.9. The van der Waals surface area contributed by atoms with Gasteiger partial charge in [0, 0.05) is 12.6 Å². The quantitative estimate of drug-likeness (QED) is 0.905. The summed E-state index contributed by atoms with van der Waals surface area (Å²) in [6.45, 7) is 1.97. The van der Waals surface area contributed by atoms with Crippen LogP contribution in [0.3, 0.4) is 0 Å². The van der Waals surface area contributed by atoms with E-state index in [1.54, 1.807) is 17.0 Å². The van der Waals surface area contributed by atoms with E-state index < -0.39 is 5.82 Å². The Morgan fingerprint density at radius 1 is 1.40 bits per heavy atom. The summed E-state index contributed by atoms with van der Waals surface area (Å²) >= 11 is 0. The summed E-state index contributed by atoms with van der Waals surface area (Å²) in [4.78, 5) is 16.3. The lowest BCUT2D eigenvalue weighted by molar-refractivity contribution is 0.0535. The molecule has 0 radical (unpaired) electrons. The molecule has 5 heteroatoms. The highest BCUT2D eigenvalue weighted by Gasteiger charge is 2.28. The van der Waals surface area contributed by atoms with Crippen molar-refractivity contribution in [3.63, 3.8) is 0 Å². The van der Waals surface area contributed by atoms with E-state index in [1.165, 1.54) is 12.1 Å². The molecule has 1 aromatic carbocycles. The molecule has 0 atom stereocenters. The van der Waals surface area contributed by atoms with Crippen molar-refractivity contribution < 1.29 is 14.3 Å². The van der Waals surface area contributed by atoms with E-state index in [9.17, 15) is 14.3 Å². The number of carbonyl (C=O) groups excluding carboxylic acids is 1. The maximum Gasteiger partial charge on any atom is 0.257 e. The van der Waals surface area contributed by atoms with Crippen molar-refractivity contribution in [2.75, 3.05) is 33.3 Å². The number of carbonyl (C=O) groups is 1. The Labute approximate surface area is 118 Å². The molecule has 0 spiro atoms. The van der Waals surface area contributed by atoms with Crippen molar-refractivity contribution in [3.8, 4) is 0 Å². The van der Waals surface area contributed by atoms with Crippen molar-refractivity contribution in [1.82, 2.24) is 9.80 Å². The summed E-state index contributed by atoms with van der Waals surface area (Å²) in [6.07, 6.45) is 1.72. The predicted octanol–water partition coefficient (Wildman–Crippen LogP) is 1.35. The smallest absolute Gasteiger partial charge is 0.257 e. The third kappa shape index (κ3) is 3.35. The molecule has 0 bridgehead atoms. The fraction of sp³-hybridized carbons (Fsp3) is 0.533. The number of likely N-dealkylation sites (tertiary alicyclic amines) is 1. The van der Waals surface area contributed by atoms with Crippen molar-refractivity contribution in [3.05, 3.63) is 35.6 Å². The second kappa shape index (κ2) is 6.81. The minimum Gasteiger partial charge on any atom is -0.395 e. The van der Waals surface area contributed by atoms with Crippen LogP contribution in [0.5, 0.6) is 0 Å². The number of amides is 1. The lowest BCUT2D eigenvalue weighted by Gasteiger charge is -2.37. The normalized spacial score (nSPS) is 17.1. The molecule has 0 aliphatic carbocycles. The molecular formula is C15H21FN2O2. The van der Waals surface area contributed by atoms with Crippen LogP contribution in [0, 0.1) is 5.82 Å². The first-order chi connectivity index (χ1) is 9.63. The number of hydrogen-bond acceptors (Lipinski definition) is 3. The average Bonchev–Trinajstić information content (AvgIpc) is 2.46. The second-order valence-corrected chi connectivity index (χ2v) is 5.24. The second-order valence-electron chi connectivity index (χ2n) is 5.24. The van der Waals surface area contributed by atoms with Crippen LogP contribution in [0.1, 0.15) is 23.2 Å². The number of aliphatic hydroxyl groups is 1. The topological polar surface area (TPSA) is 43.8 Å². The first-order valence-electron chi connectivity index (χ1n) is 6.98. The van der Waals surface area contributed by atoms with E-state index in [0.29, 0.717) is 0 Å². The fourth-order valence-electron chi connectivity index (χ4n) is 2.65. The zero-order chi connectivity index (χ0) is 14.5. The van der Waals surface area contributed by atoms with Crippen LogP contribution in [0.4, 0.5) is 4.39 Å². The van der Waals surface area contributed by atoms with E-state index in [1.807, 2.05) is 7.05 Å². The van der Waals surface area contributed by atoms with Gasteiger partial charge >= 0.3 is 0 Å². The zero-order valence-corrected chi connectivity index (χ0v) is 11.8. The van der Waals surface area contributed by atoms with Crippen LogP contribution in [-0.4, -0.2) is 60.1 Å². The lowest BCUT2D eigenvalue weighted by Crippen LogP contribution is -2.47. The summed E-state index contributed by atoms with van der Waals surface area (Å²) in [5.41, 5.74) is 0.0832. The van der Waals surface area contributed by atoms with Gasteiger partial charge in [-0.05, 0) is 45.1 Å². The van der Waals surface area contributed by atoms with E-state index in [-0.39, 0.29) is 30.7 Å². The maximum absolute atomic E-state index is 13.8. The van der Waals surface area contributed by atoms with E-state index in [2.05, 4.69) is 4.90 Å². The molecule has 1 N–H and O–H groups in total. The number of aliphatic hydroxyl groups excluding tert-OH is 1. The molecule has 1 saturated heterocycles. The van der Waals surface area contributed by atoms with Crippen molar-refractivity contribution in [2.45, 2.75) is 18.9 Å². The van der Waals surface area contributed by atoms with Crippen molar-refractivity contribution in [1.29, 1.82) is 0 Å². The molecular weight excluding hydrogens is 259 g/mol. The Kier molecular flexibility index (Phi) is 5.09. The highest BCUT2D eigenvalue weighted by molar-refractivity contribution is 5.94. The van der Waals surface area contributed by atoms with Crippen LogP contribution in [0.25, 0.3) is 0 Å². The molecule has 0 unspecified atom stereocenters. The van der Waals surface area contributed by atoms with Gasteiger partial charge < -0.3 is 14.9 Å². The van der Waals surface area contributed by atoms with Crippen molar-refractivity contribution >= 4 is 5.91 Å². The van der Waals surface area contributed by atoms with Gasteiger partial charge in [-0.15, -0.1) is 0 Å². The number of nitrogens with zero attached hydrogens (tertiary/aromatic N) is 2. The van der Waals surface area contributed by atoms with Gasteiger partial charge in [0.2, 0.25) is 0 Å². The largest absolute Gasteiger partial charge is 0.395 e. The van der Waals surface area contributed by atoms with Crippen LogP contribution >= 0.6 is 0 Å². The van der Waals surface area contributed by atoms with Gasteiger partial charge in [0.05, 0.1) is 12.2 Å². The van der Waals surface area contributed by atoms with E-state index >= 15 is 0 Å². The Morgan fingerprint density at radius 3 is 2.65 bits per heavy atom. The monoisotopic (exact) mass is 280 g/mol. The average molecular weight is 280 g/mol. The van der Waals surface area contributed by atoms with E-state index in [4.69, 9.17) is 0 Å². The number of piperidine rings is 1. The molecule has 4 nitrogen and oxygen atoms in total. The van der Waals surface area contributed by atoms with Crippen LogP contribution in [0.15, 0.2) is 24.3 Å². The summed E-state index contributed by atoms with van der Waals surface area (Å²) in [5, 5.41) is 9.19. The Morgan fingerprint density at radius 2 is 2.05 bits per heavy atom. The number of hydrogen-bond donors (Lipinski definition) is 1. The molecule has 0 aromatic heterocycles. The summed E-state index contributed by atoms with van der Waals surface area (Å²) < 4.78 is 13.8. The summed E-state index contributed by atoms with van der Waals surface area (Å²) in [7, 11) is 2.05. The lowest BCUT2D eigenvalue weighted by atomic mass is 10.0. The van der Waals surface area contributed by atoms with Gasteiger partial charge in [-0.3, -0.25) is 4.79 Å². The molecule has 20 heavy (non-hydrogen) atoms. The highest BCUT2D eigenvalue weighted by Crippen LogP contribution is 2.19. The van der Waals surface area contributed by atoms with Gasteiger partial charge in [0.25, 0.3) is 5.91 Å². The summed E-state index contributed by atoms with van der Waals surface area (Å²) in [5.74, 6) is -0.833. The first-order valence-corrected chi connectivity index (χ1v) is 6.98. The molecule has 1 aromatic rings. The molecule has 2 rings (SSSR count). The third-order valence-corrected chi connectivity index (χ3v) is 3.83. The maximum atomic E-state index is 13.8. The molecule has 1 heterocycles. The van der Waals surface area contributed by atoms with Gasteiger partial charge in [-0.1, -0.05) is 12.1 Å². The number of rotatable bonds is 4. The molecule has 1 aliphatic heterocycles. The molecule has 0 saturated carbocycles. The van der Waals surface area contributed by atoms with E-state index in [0.717, 1.165) is 25.9 Å².